The van der Waals surface area contributed by atoms with Crippen molar-refractivity contribution in [3.05, 3.63) is 56.7 Å². The molecule has 0 saturated carbocycles. The Balaban J connectivity index is 2.23. The van der Waals surface area contributed by atoms with Crippen LogP contribution < -0.4 is 0 Å². The van der Waals surface area contributed by atoms with E-state index in [4.69, 9.17) is 11.6 Å². The number of thiophene rings is 1. The molecule has 2 rings (SSSR count). The van der Waals surface area contributed by atoms with E-state index in [9.17, 15) is 5.11 Å². The van der Waals surface area contributed by atoms with E-state index in [1.807, 2.05) is 50.2 Å². The van der Waals surface area contributed by atoms with Crippen molar-refractivity contribution in [3.63, 3.8) is 0 Å². The molecule has 17 heavy (non-hydrogen) atoms. The minimum Gasteiger partial charge on any atom is -0.387 e. The van der Waals surface area contributed by atoms with E-state index in [1.54, 1.807) is 0 Å². The Morgan fingerprint density at radius 1 is 1.24 bits per heavy atom. The van der Waals surface area contributed by atoms with Gasteiger partial charge >= 0.3 is 0 Å². The third kappa shape index (κ3) is 2.71. The van der Waals surface area contributed by atoms with Gasteiger partial charge in [0.15, 0.2) is 0 Å². The Hall–Kier alpha value is -0.830. The van der Waals surface area contributed by atoms with Crippen molar-refractivity contribution in [1.29, 1.82) is 0 Å². The molecule has 1 nitrogen and oxygen atoms in total. The van der Waals surface area contributed by atoms with Gasteiger partial charge in [-0.05, 0) is 24.1 Å². The van der Waals surface area contributed by atoms with Crippen molar-refractivity contribution in [3.8, 4) is 0 Å². The molecule has 90 valence electrons. The molecular weight excluding hydrogens is 252 g/mol. The number of hydrogen-bond acceptors (Lipinski definition) is 2. The molecule has 0 aliphatic heterocycles. The van der Waals surface area contributed by atoms with Gasteiger partial charge in [0.1, 0.15) is 0 Å². The lowest BCUT2D eigenvalue weighted by atomic mass is 9.94. The highest BCUT2D eigenvalue weighted by atomic mass is 35.5. The number of rotatable bonds is 3. The summed E-state index contributed by atoms with van der Waals surface area (Å²) in [4.78, 5) is 0.934. The van der Waals surface area contributed by atoms with Gasteiger partial charge in [-0.25, -0.2) is 0 Å². The zero-order valence-electron chi connectivity index (χ0n) is 9.85. The summed E-state index contributed by atoms with van der Waals surface area (Å²) < 4.78 is 0.763. The van der Waals surface area contributed by atoms with Gasteiger partial charge in [0, 0.05) is 10.8 Å². The molecule has 0 amide bonds. The average Bonchev–Trinajstić information content (AvgIpc) is 2.69. The molecule has 2 atom stereocenters. The Labute approximate surface area is 111 Å². The van der Waals surface area contributed by atoms with E-state index in [2.05, 4.69) is 0 Å². The first-order valence-electron chi connectivity index (χ1n) is 5.58. The molecule has 0 spiro atoms. The third-order valence-electron chi connectivity index (χ3n) is 2.97. The van der Waals surface area contributed by atoms with Gasteiger partial charge in [-0.2, -0.15) is 0 Å². The fourth-order valence-electron chi connectivity index (χ4n) is 1.81. The second-order valence-electron chi connectivity index (χ2n) is 4.25. The molecule has 1 aromatic heterocycles. The summed E-state index contributed by atoms with van der Waals surface area (Å²) in [5, 5.41) is 10.3. The van der Waals surface area contributed by atoms with E-state index >= 15 is 0 Å². The van der Waals surface area contributed by atoms with Gasteiger partial charge in [0.25, 0.3) is 0 Å². The smallest absolute Gasteiger partial charge is 0.0961 e. The molecular formula is C14H15ClOS. The van der Waals surface area contributed by atoms with Gasteiger partial charge in [-0.15, -0.1) is 11.3 Å². The molecule has 0 bridgehead atoms. The molecule has 0 saturated heterocycles. The van der Waals surface area contributed by atoms with Crippen molar-refractivity contribution in [1.82, 2.24) is 0 Å². The lowest BCUT2D eigenvalue weighted by Gasteiger charge is -2.17. The minimum absolute atomic E-state index is 0.0744. The van der Waals surface area contributed by atoms with E-state index in [1.165, 1.54) is 11.3 Å². The molecule has 2 aromatic rings. The largest absolute Gasteiger partial charge is 0.387 e. The fraction of sp³-hybridized carbons (Fsp3) is 0.286. The van der Waals surface area contributed by atoms with Crippen LogP contribution >= 0.6 is 22.9 Å². The quantitative estimate of drug-likeness (QED) is 0.864. The zero-order valence-corrected chi connectivity index (χ0v) is 11.4. The lowest BCUT2D eigenvalue weighted by Crippen LogP contribution is -2.05. The van der Waals surface area contributed by atoms with E-state index in [-0.39, 0.29) is 5.92 Å². The predicted octanol–water partition coefficient (Wildman–Crippen LogP) is 4.55. The number of aryl methyl sites for hydroxylation is 1. The Morgan fingerprint density at radius 3 is 2.41 bits per heavy atom. The van der Waals surface area contributed by atoms with Crippen LogP contribution in [-0.4, -0.2) is 5.11 Å². The molecule has 0 radical (unpaired) electrons. The topological polar surface area (TPSA) is 20.2 Å². The van der Waals surface area contributed by atoms with Gasteiger partial charge in [0.05, 0.1) is 10.4 Å². The summed E-state index contributed by atoms with van der Waals surface area (Å²) in [6.07, 6.45) is -0.492. The summed E-state index contributed by atoms with van der Waals surface area (Å²) in [5.41, 5.74) is 2.17. The van der Waals surface area contributed by atoms with Gasteiger partial charge in [0.2, 0.25) is 0 Å². The summed E-state index contributed by atoms with van der Waals surface area (Å²) in [6, 6.07) is 12.0. The van der Waals surface area contributed by atoms with E-state index < -0.39 is 6.10 Å². The maximum atomic E-state index is 10.3. The van der Waals surface area contributed by atoms with E-state index in [0.29, 0.717) is 0 Å². The fourth-order valence-corrected chi connectivity index (χ4v) is 3.12. The first-order chi connectivity index (χ1) is 8.09. The van der Waals surface area contributed by atoms with Crippen LogP contribution in [0, 0.1) is 6.92 Å². The average molecular weight is 267 g/mol. The number of aliphatic hydroxyl groups is 1. The van der Waals surface area contributed by atoms with Crippen molar-refractivity contribution >= 4 is 22.9 Å². The van der Waals surface area contributed by atoms with Crippen molar-refractivity contribution in [2.75, 3.05) is 0 Å². The number of halogens is 1. The van der Waals surface area contributed by atoms with Crippen molar-refractivity contribution < 1.29 is 5.11 Å². The lowest BCUT2D eigenvalue weighted by molar-refractivity contribution is 0.155. The van der Waals surface area contributed by atoms with Crippen LogP contribution in [0.2, 0.25) is 4.34 Å². The number of benzene rings is 1. The van der Waals surface area contributed by atoms with Crippen LogP contribution in [-0.2, 0) is 0 Å². The molecule has 1 aromatic carbocycles. The number of hydrogen-bond donors (Lipinski definition) is 1. The SMILES string of the molecule is Cc1cc(C(O)C(C)c2ccccc2)sc1Cl. The van der Waals surface area contributed by atoms with Crippen molar-refractivity contribution in [2.45, 2.75) is 25.9 Å². The third-order valence-corrected chi connectivity index (χ3v) is 4.59. The molecule has 0 aliphatic carbocycles. The summed E-state index contributed by atoms with van der Waals surface area (Å²) in [6.45, 7) is 3.99. The monoisotopic (exact) mass is 266 g/mol. The predicted molar refractivity (Wildman–Crippen MR) is 73.9 cm³/mol. The summed E-state index contributed by atoms with van der Waals surface area (Å²) >= 11 is 7.49. The second-order valence-corrected chi connectivity index (χ2v) is 5.94. The molecule has 0 aliphatic rings. The van der Waals surface area contributed by atoms with Crippen LogP contribution in [0.4, 0.5) is 0 Å². The summed E-state index contributed by atoms with van der Waals surface area (Å²) in [7, 11) is 0. The maximum Gasteiger partial charge on any atom is 0.0961 e. The highest BCUT2D eigenvalue weighted by Gasteiger charge is 2.20. The van der Waals surface area contributed by atoms with Gasteiger partial charge in [-0.1, -0.05) is 48.9 Å². The van der Waals surface area contributed by atoms with Gasteiger partial charge < -0.3 is 5.11 Å². The Morgan fingerprint density at radius 2 is 1.88 bits per heavy atom. The van der Waals surface area contributed by atoms with Gasteiger partial charge in [-0.3, -0.25) is 0 Å². The zero-order chi connectivity index (χ0) is 12.4. The van der Waals surface area contributed by atoms with Crippen LogP contribution in [0.1, 0.15) is 34.9 Å². The molecule has 0 fully saturated rings. The van der Waals surface area contributed by atoms with Crippen LogP contribution in [0.25, 0.3) is 0 Å². The molecule has 1 heterocycles. The minimum atomic E-state index is -0.492. The summed E-state index contributed by atoms with van der Waals surface area (Å²) in [5.74, 6) is 0.0744. The number of aliphatic hydroxyl groups excluding tert-OH is 1. The highest BCUT2D eigenvalue weighted by molar-refractivity contribution is 7.16. The van der Waals surface area contributed by atoms with E-state index in [0.717, 1.165) is 20.3 Å². The first kappa shape index (κ1) is 12.6. The second kappa shape index (κ2) is 5.21. The Kier molecular flexibility index (Phi) is 3.87. The highest BCUT2D eigenvalue weighted by Crippen LogP contribution is 2.37. The molecule has 2 unspecified atom stereocenters. The first-order valence-corrected chi connectivity index (χ1v) is 6.78. The standard InChI is InChI=1S/C14H15ClOS/c1-9-8-12(17-14(9)15)13(16)10(2)11-6-4-3-5-7-11/h3-8,10,13,16H,1-2H3. The Bertz CT molecular complexity index is 473. The van der Waals surface area contributed by atoms with Crippen LogP contribution in [0.3, 0.4) is 0 Å². The molecule has 3 heteroatoms. The van der Waals surface area contributed by atoms with Crippen LogP contribution in [0.15, 0.2) is 36.4 Å². The maximum absolute atomic E-state index is 10.3. The van der Waals surface area contributed by atoms with Crippen LogP contribution in [0.5, 0.6) is 0 Å². The van der Waals surface area contributed by atoms with Crippen molar-refractivity contribution in [2.24, 2.45) is 0 Å². The normalized spacial score (nSPS) is 14.6. The molecule has 1 N–H and O–H groups in total.